The number of nitrogens with one attached hydrogen (secondary N) is 2. The Kier molecular flexibility index (Phi) is 5.23. The molecule has 0 bridgehead atoms. The minimum atomic E-state index is 0.237. The number of hydrogen-bond donors (Lipinski definition) is 2. The summed E-state index contributed by atoms with van der Waals surface area (Å²) >= 11 is 0. The fraction of sp³-hybridized carbons (Fsp3) is 0.211. The van der Waals surface area contributed by atoms with Gasteiger partial charge in [0.05, 0.1) is 19.9 Å². The number of aromatic nitrogens is 3. The summed E-state index contributed by atoms with van der Waals surface area (Å²) in [5.41, 5.74) is 0.818. The van der Waals surface area contributed by atoms with Gasteiger partial charge in [0.2, 0.25) is 12.7 Å². The summed E-state index contributed by atoms with van der Waals surface area (Å²) in [6.07, 6.45) is 1.55. The maximum Gasteiger partial charge on any atom is 0.244 e. The molecule has 4 rings (SSSR count). The van der Waals surface area contributed by atoms with E-state index in [1.165, 1.54) is 0 Å². The zero-order chi connectivity index (χ0) is 19.2. The molecular formula is C19H19N5O4. The maximum absolute atomic E-state index is 5.66. The molecule has 0 saturated heterocycles. The van der Waals surface area contributed by atoms with Crippen LogP contribution in [0.1, 0.15) is 0 Å². The van der Waals surface area contributed by atoms with Crippen molar-refractivity contribution in [1.29, 1.82) is 0 Å². The summed E-state index contributed by atoms with van der Waals surface area (Å²) < 4.78 is 21.5. The van der Waals surface area contributed by atoms with Crippen molar-refractivity contribution in [2.75, 3.05) is 37.7 Å². The SMILES string of the molecule is COc1ccc(OCCNc2nncc(Nc3ccc4c(c3)OCO4)n2)cc1. The summed E-state index contributed by atoms with van der Waals surface area (Å²) in [6, 6.07) is 13.0. The number of hydrogen-bond acceptors (Lipinski definition) is 9. The van der Waals surface area contributed by atoms with Crippen molar-refractivity contribution >= 4 is 17.5 Å². The molecule has 144 valence electrons. The molecule has 0 radical (unpaired) electrons. The number of rotatable bonds is 8. The highest BCUT2D eigenvalue weighted by Crippen LogP contribution is 2.34. The van der Waals surface area contributed by atoms with Crippen LogP contribution in [-0.4, -0.2) is 42.2 Å². The van der Waals surface area contributed by atoms with Crippen LogP contribution in [0.4, 0.5) is 17.5 Å². The van der Waals surface area contributed by atoms with Gasteiger partial charge in [-0.3, -0.25) is 0 Å². The normalized spacial score (nSPS) is 11.8. The lowest BCUT2D eigenvalue weighted by Gasteiger charge is -2.09. The van der Waals surface area contributed by atoms with E-state index in [-0.39, 0.29) is 6.79 Å². The van der Waals surface area contributed by atoms with Crippen molar-refractivity contribution in [2.45, 2.75) is 0 Å². The van der Waals surface area contributed by atoms with Crippen LogP contribution < -0.4 is 29.6 Å². The highest BCUT2D eigenvalue weighted by atomic mass is 16.7. The molecule has 0 fully saturated rings. The van der Waals surface area contributed by atoms with E-state index in [4.69, 9.17) is 18.9 Å². The van der Waals surface area contributed by atoms with Crippen LogP contribution in [0, 0.1) is 0 Å². The van der Waals surface area contributed by atoms with Gasteiger partial charge in [-0.05, 0) is 36.4 Å². The van der Waals surface area contributed by atoms with Crippen LogP contribution in [-0.2, 0) is 0 Å². The van der Waals surface area contributed by atoms with Crippen molar-refractivity contribution in [3.63, 3.8) is 0 Å². The molecule has 28 heavy (non-hydrogen) atoms. The Bertz CT molecular complexity index is 936. The molecule has 0 unspecified atom stereocenters. The number of fused-ring (bicyclic) bond motifs is 1. The minimum Gasteiger partial charge on any atom is -0.497 e. The van der Waals surface area contributed by atoms with E-state index in [2.05, 4.69) is 25.8 Å². The fourth-order valence-corrected chi connectivity index (χ4v) is 2.56. The number of nitrogens with zero attached hydrogens (tertiary/aromatic N) is 3. The molecule has 2 heterocycles. The van der Waals surface area contributed by atoms with Crippen molar-refractivity contribution in [3.05, 3.63) is 48.7 Å². The lowest BCUT2D eigenvalue weighted by molar-refractivity contribution is 0.174. The Morgan fingerprint density at radius 1 is 1.04 bits per heavy atom. The lowest BCUT2D eigenvalue weighted by Crippen LogP contribution is -2.14. The number of benzene rings is 2. The molecule has 0 aliphatic carbocycles. The zero-order valence-corrected chi connectivity index (χ0v) is 15.2. The van der Waals surface area contributed by atoms with Gasteiger partial charge in [-0.15, -0.1) is 5.10 Å². The smallest absolute Gasteiger partial charge is 0.244 e. The fourth-order valence-electron chi connectivity index (χ4n) is 2.56. The van der Waals surface area contributed by atoms with E-state index >= 15 is 0 Å². The second kappa shape index (κ2) is 8.30. The van der Waals surface area contributed by atoms with Crippen LogP contribution in [0.15, 0.2) is 48.7 Å². The molecule has 0 amide bonds. The third kappa shape index (κ3) is 4.32. The Morgan fingerprint density at radius 2 is 1.86 bits per heavy atom. The Labute approximate surface area is 161 Å². The monoisotopic (exact) mass is 381 g/mol. The molecule has 1 aliphatic heterocycles. The topological polar surface area (TPSA) is 99.7 Å². The Hall–Kier alpha value is -3.75. The summed E-state index contributed by atoms with van der Waals surface area (Å²) in [5, 5.41) is 14.2. The largest absolute Gasteiger partial charge is 0.497 e. The van der Waals surface area contributed by atoms with Crippen molar-refractivity contribution < 1.29 is 18.9 Å². The van der Waals surface area contributed by atoms with E-state index in [1.54, 1.807) is 13.3 Å². The molecule has 0 spiro atoms. The standard InChI is InChI=1S/C19H19N5O4/c1-25-14-3-5-15(6-4-14)26-9-8-20-19-23-18(11-21-24-19)22-13-2-7-16-17(10-13)28-12-27-16/h2-7,10-11H,8-9,12H2,1H3,(H2,20,22,23,24). The summed E-state index contributed by atoms with van der Waals surface area (Å²) in [4.78, 5) is 4.39. The van der Waals surface area contributed by atoms with Crippen molar-refractivity contribution in [1.82, 2.24) is 15.2 Å². The molecule has 3 aromatic rings. The van der Waals surface area contributed by atoms with Gasteiger partial charge in [0, 0.05) is 11.8 Å². The van der Waals surface area contributed by atoms with Crippen LogP contribution in [0.25, 0.3) is 0 Å². The first-order chi connectivity index (χ1) is 13.8. The highest BCUT2D eigenvalue weighted by Gasteiger charge is 2.13. The molecule has 2 aromatic carbocycles. The zero-order valence-electron chi connectivity index (χ0n) is 15.2. The number of methoxy groups -OCH3 is 1. The Morgan fingerprint density at radius 3 is 2.71 bits per heavy atom. The first-order valence-electron chi connectivity index (χ1n) is 8.67. The molecular weight excluding hydrogens is 362 g/mol. The average molecular weight is 381 g/mol. The van der Waals surface area contributed by atoms with Gasteiger partial charge >= 0.3 is 0 Å². The van der Waals surface area contributed by atoms with Gasteiger partial charge in [-0.1, -0.05) is 0 Å². The highest BCUT2D eigenvalue weighted by molar-refractivity contribution is 5.61. The number of anilines is 3. The summed E-state index contributed by atoms with van der Waals surface area (Å²) in [5.74, 6) is 3.94. The van der Waals surface area contributed by atoms with Crippen molar-refractivity contribution in [2.24, 2.45) is 0 Å². The molecule has 9 nitrogen and oxygen atoms in total. The van der Waals surface area contributed by atoms with E-state index in [1.807, 2.05) is 42.5 Å². The maximum atomic E-state index is 5.66. The first-order valence-corrected chi connectivity index (χ1v) is 8.67. The van der Waals surface area contributed by atoms with Crippen LogP contribution >= 0.6 is 0 Å². The van der Waals surface area contributed by atoms with Gasteiger partial charge in [-0.25, -0.2) is 0 Å². The predicted octanol–water partition coefficient (Wildman–Crippen LogP) is 2.84. The third-order valence-corrected chi connectivity index (χ3v) is 3.92. The first kappa shape index (κ1) is 17.7. The summed E-state index contributed by atoms with van der Waals surface area (Å²) in [7, 11) is 1.63. The number of ether oxygens (including phenoxy) is 4. The van der Waals surface area contributed by atoms with Gasteiger partial charge < -0.3 is 29.6 Å². The van der Waals surface area contributed by atoms with E-state index < -0.39 is 0 Å². The van der Waals surface area contributed by atoms with Crippen LogP contribution in [0.5, 0.6) is 23.0 Å². The second-order valence-electron chi connectivity index (χ2n) is 5.81. The van der Waals surface area contributed by atoms with E-state index in [9.17, 15) is 0 Å². The molecule has 2 N–H and O–H groups in total. The second-order valence-corrected chi connectivity index (χ2v) is 5.81. The van der Waals surface area contributed by atoms with Crippen molar-refractivity contribution in [3.8, 4) is 23.0 Å². The van der Waals surface area contributed by atoms with Gasteiger partial charge in [0.25, 0.3) is 0 Å². The van der Waals surface area contributed by atoms with Crippen LogP contribution in [0.3, 0.4) is 0 Å². The van der Waals surface area contributed by atoms with Gasteiger partial charge in [-0.2, -0.15) is 10.1 Å². The minimum absolute atomic E-state index is 0.237. The van der Waals surface area contributed by atoms with Crippen LogP contribution in [0.2, 0.25) is 0 Å². The molecule has 9 heteroatoms. The molecule has 1 aliphatic rings. The Balaban J connectivity index is 1.28. The molecule has 1 aromatic heterocycles. The summed E-state index contributed by atoms with van der Waals surface area (Å²) in [6.45, 7) is 1.22. The van der Waals surface area contributed by atoms with Gasteiger partial charge in [0.15, 0.2) is 17.3 Å². The average Bonchev–Trinajstić information content (AvgIpc) is 3.20. The molecule has 0 atom stereocenters. The van der Waals surface area contributed by atoms with E-state index in [0.717, 1.165) is 22.9 Å². The van der Waals surface area contributed by atoms with Gasteiger partial charge in [0.1, 0.15) is 18.1 Å². The third-order valence-electron chi connectivity index (χ3n) is 3.92. The molecule has 0 saturated carbocycles. The lowest BCUT2D eigenvalue weighted by atomic mass is 10.3. The predicted molar refractivity (Wildman–Crippen MR) is 103 cm³/mol. The quantitative estimate of drug-likeness (QED) is 0.571. The van der Waals surface area contributed by atoms with E-state index in [0.29, 0.717) is 30.7 Å².